The Morgan fingerprint density at radius 2 is 1.78 bits per heavy atom. The molecule has 0 bridgehead atoms. The second-order valence-corrected chi connectivity index (χ2v) is 8.23. The van der Waals surface area contributed by atoms with Crippen molar-refractivity contribution in [2.24, 2.45) is 0 Å². The molecule has 6 nitrogen and oxygen atoms in total. The van der Waals surface area contributed by atoms with E-state index in [2.05, 4.69) is 0 Å². The monoisotopic (exact) mass is 278 g/mol. The van der Waals surface area contributed by atoms with Gasteiger partial charge >= 0.3 is 5.97 Å². The molecular weight excluding hydrogens is 256 g/mol. The van der Waals surface area contributed by atoms with Gasteiger partial charge in [0.05, 0.1) is 11.3 Å². The van der Waals surface area contributed by atoms with Crippen LogP contribution in [0.4, 0.5) is 0 Å². The summed E-state index contributed by atoms with van der Waals surface area (Å²) < 4.78 is 25.2. The first-order valence-corrected chi connectivity index (χ1v) is 7.52. The molecule has 0 atom stereocenters. The molecule has 0 amide bonds. The predicted octanol–water partition coefficient (Wildman–Crippen LogP) is 0.207. The summed E-state index contributed by atoms with van der Waals surface area (Å²) in [5.74, 6) is -0.873. The lowest BCUT2D eigenvalue weighted by Gasteiger charge is -2.28. The summed E-state index contributed by atoms with van der Waals surface area (Å²) in [4.78, 5) is 12.4. The minimum Gasteiger partial charge on any atom is -0.480 e. The SMILES string of the molecule is CC(C)(C)S(=O)(=O)N1CCCN(CC(=O)O)CC1. The van der Waals surface area contributed by atoms with Crippen molar-refractivity contribution in [2.75, 3.05) is 32.7 Å². The summed E-state index contributed by atoms with van der Waals surface area (Å²) in [6.45, 7) is 6.96. The van der Waals surface area contributed by atoms with Crippen LogP contribution >= 0.6 is 0 Å². The van der Waals surface area contributed by atoms with Crippen molar-refractivity contribution in [1.82, 2.24) is 9.21 Å². The summed E-state index contributed by atoms with van der Waals surface area (Å²) in [5.41, 5.74) is 0. The normalized spacial score (nSPS) is 20.6. The number of hydrogen-bond acceptors (Lipinski definition) is 4. The van der Waals surface area contributed by atoms with Gasteiger partial charge in [-0.15, -0.1) is 0 Å². The van der Waals surface area contributed by atoms with Crippen LogP contribution in [0.25, 0.3) is 0 Å². The standard InChI is InChI=1S/C11H22N2O4S/c1-11(2,3)18(16,17)13-6-4-5-12(7-8-13)9-10(14)15/h4-9H2,1-3H3,(H,14,15). The first-order valence-electron chi connectivity index (χ1n) is 6.08. The molecular formula is C11H22N2O4S. The van der Waals surface area contributed by atoms with Crippen LogP contribution in [0.5, 0.6) is 0 Å². The largest absolute Gasteiger partial charge is 0.480 e. The van der Waals surface area contributed by atoms with Gasteiger partial charge in [-0.25, -0.2) is 12.7 Å². The third kappa shape index (κ3) is 3.66. The molecule has 106 valence electrons. The van der Waals surface area contributed by atoms with Gasteiger partial charge in [-0.2, -0.15) is 0 Å². The minimum absolute atomic E-state index is 0.0244. The third-order valence-corrected chi connectivity index (χ3v) is 5.61. The van der Waals surface area contributed by atoms with E-state index in [1.165, 1.54) is 4.31 Å². The molecule has 0 unspecified atom stereocenters. The van der Waals surface area contributed by atoms with Gasteiger partial charge in [0.25, 0.3) is 0 Å². The predicted molar refractivity (Wildman–Crippen MR) is 68.9 cm³/mol. The average molecular weight is 278 g/mol. The molecule has 0 aromatic heterocycles. The van der Waals surface area contributed by atoms with E-state index in [0.717, 1.165) is 0 Å². The first kappa shape index (κ1) is 15.4. The topological polar surface area (TPSA) is 77.9 Å². The van der Waals surface area contributed by atoms with Gasteiger partial charge in [-0.3, -0.25) is 9.69 Å². The number of rotatable bonds is 3. The second kappa shape index (κ2) is 5.54. The zero-order chi connectivity index (χ0) is 14.0. The Morgan fingerprint density at radius 1 is 1.17 bits per heavy atom. The molecule has 18 heavy (non-hydrogen) atoms. The fourth-order valence-corrected chi connectivity index (χ4v) is 3.39. The molecule has 0 aliphatic carbocycles. The molecule has 0 saturated carbocycles. The third-order valence-electron chi connectivity index (χ3n) is 3.02. The molecule has 0 aromatic rings. The van der Waals surface area contributed by atoms with E-state index in [1.807, 2.05) is 0 Å². The van der Waals surface area contributed by atoms with Crippen molar-refractivity contribution in [2.45, 2.75) is 31.9 Å². The molecule has 1 saturated heterocycles. The zero-order valence-corrected chi connectivity index (χ0v) is 12.0. The van der Waals surface area contributed by atoms with Crippen LogP contribution in [0.1, 0.15) is 27.2 Å². The van der Waals surface area contributed by atoms with Crippen molar-refractivity contribution in [3.63, 3.8) is 0 Å². The maximum Gasteiger partial charge on any atom is 0.317 e. The number of carboxylic acid groups (broad SMARTS) is 1. The van der Waals surface area contributed by atoms with E-state index in [9.17, 15) is 13.2 Å². The number of aliphatic carboxylic acids is 1. The Hall–Kier alpha value is -0.660. The second-order valence-electron chi connectivity index (χ2n) is 5.54. The van der Waals surface area contributed by atoms with Gasteiger partial charge in [0, 0.05) is 26.2 Å². The van der Waals surface area contributed by atoms with E-state index < -0.39 is 20.7 Å². The van der Waals surface area contributed by atoms with Crippen LogP contribution < -0.4 is 0 Å². The van der Waals surface area contributed by atoms with Crippen LogP contribution in [-0.2, 0) is 14.8 Å². The molecule has 1 N–H and O–H groups in total. The number of hydrogen-bond donors (Lipinski definition) is 1. The van der Waals surface area contributed by atoms with Crippen LogP contribution in [0.2, 0.25) is 0 Å². The van der Waals surface area contributed by atoms with Crippen molar-refractivity contribution in [3.05, 3.63) is 0 Å². The highest BCUT2D eigenvalue weighted by Gasteiger charge is 2.35. The van der Waals surface area contributed by atoms with E-state index in [-0.39, 0.29) is 6.54 Å². The fraction of sp³-hybridized carbons (Fsp3) is 0.909. The Balaban J connectivity index is 2.71. The summed E-state index contributed by atoms with van der Waals surface area (Å²) in [5, 5.41) is 8.74. The lowest BCUT2D eigenvalue weighted by Crippen LogP contribution is -2.44. The molecule has 1 rings (SSSR count). The van der Waals surface area contributed by atoms with Gasteiger partial charge in [-0.05, 0) is 27.2 Å². The Kier molecular flexibility index (Phi) is 4.74. The quantitative estimate of drug-likeness (QED) is 0.798. The maximum absolute atomic E-state index is 12.3. The molecule has 1 heterocycles. The Morgan fingerprint density at radius 3 is 2.28 bits per heavy atom. The van der Waals surface area contributed by atoms with Crippen LogP contribution in [0.3, 0.4) is 0 Å². The van der Waals surface area contributed by atoms with Crippen molar-refractivity contribution in [3.8, 4) is 0 Å². The number of carbonyl (C=O) groups is 1. The first-order chi connectivity index (χ1) is 8.14. The molecule has 1 fully saturated rings. The van der Waals surface area contributed by atoms with Gasteiger partial charge in [0.2, 0.25) is 10.0 Å². The summed E-state index contributed by atoms with van der Waals surface area (Å²) in [6, 6.07) is 0. The van der Waals surface area contributed by atoms with Gasteiger partial charge < -0.3 is 5.11 Å². The van der Waals surface area contributed by atoms with Crippen molar-refractivity contribution in [1.29, 1.82) is 0 Å². The Bertz CT molecular complexity index is 400. The molecule has 1 aliphatic heterocycles. The molecule has 1 aliphatic rings. The van der Waals surface area contributed by atoms with Gasteiger partial charge in [0.1, 0.15) is 0 Å². The molecule has 7 heteroatoms. The number of sulfonamides is 1. The van der Waals surface area contributed by atoms with Gasteiger partial charge in [0.15, 0.2) is 0 Å². The highest BCUT2D eigenvalue weighted by molar-refractivity contribution is 7.90. The average Bonchev–Trinajstić information content (AvgIpc) is 2.40. The smallest absolute Gasteiger partial charge is 0.317 e. The summed E-state index contributed by atoms with van der Waals surface area (Å²) >= 11 is 0. The highest BCUT2D eigenvalue weighted by Crippen LogP contribution is 2.21. The Labute approximate surface area is 109 Å². The number of carboxylic acids is 1. The van der Waals surface area contributed by atoms with Crippen molar-refractivity contribution >= 4 is 16.0 Å². The lowest BCUT2D eigenvalue weighted by molar-refractivity contribution is -0.138. The van der Waals surface area contributed by atoms with Crippen LogP contribution in [0.15, 0.2) is 0 Å². The van der Waals surface area contributed by atoms with Crippen LogP contribution in [-0.4, -0.2) is 66.2 Å². The fourth-order valence-electron chi connectivity index (χ4n) is 1.92. The highest BCUT2D eigenvalue weighted by atomic mass is 32.2. The molecule has 0 aromatic carbocycles. The molecule has 0 spiro atoms. The van der Waals surface area contributed by atoms with Crippen molar-refractivity contribution < 1.29 is 18.3 Å². The van der Waals surface area contributed by atoms with Gasteiger partial charge in [-0.1, -0.05) is 0 Å². The summed E-state index contributed by atoms with van der Waals surface area (Å²) in [7, 11) is -3.32. The molecule has 0 radical (unpaired) electrons. The van der Waals surface area contributed by atoms with E-state index >= 15 is 0 Å². The van der Waals surface area contributed by atoms with Crippen LogP contribution in [0, 0.1) is 0 Å². The van der Waals surface area contributed by atoms with E-state index in [0.29, 0.717) is 32.6 Å². The zero-order valence-electron chi connectivity index (χ0n) is 11.2. The van der Waals surface area contributed by atoms with E-state index in [1.54, 1.807) is 25.7 Å². The number of nitrogens with zero attached hydrogens (tertiary/aromatic N) is 2. The lowest BCUT2D eigenvalue weighted by atomic mass is 10.3. The summed E-state index contributed by atoms with van der Waals surface area (Å²) in [6.07, 6.45) is 0.669. The maximum atomic E-state index is 12.3. The minimum atomic E-state index is -3.32. The van der Waals surface area contributed by atoms with E-state index in [4.69, 9.17) is 5.11 Å².